The van der Waals surface area contributed by atoms with Crippen LogP contribution in [0.2, 0.25) is 0 Å². The fraction of sp³-hybridized carbons (Fsp3) is 0.158. The summed E-state index contributed by atoms with van der Waals surface area (Å²) in [5.41, 5.74) is 2.18. The zero-order chi connectivity index (χ0) is 19.1. The Hall–Kier alpha value is -3.48. The Labute approximate surface area is 150 Å². The number of rotatable bonds is 6. The van der Waals surface area contributed by atoms with Gasteiger partial charge in [0, 0.05) is 29.5 Å². The third-order valence-electron chi connectivity index (χ3n) is 3.39. The number of hydrogen-bond acceptors (Lipinski definition) is 4. The molecule has 0 unspecified atom stereocenters. The topological polar surface area (TPSA) is 104 Å². The summed E-state index contributed by atoms with van der Waals surface area (Å²) in [6.07, 6.45) is -0.345. The third kappa shape index (κ3) is 5.86. The fourth-order valence-corrected chi connectivity index (χ4v) is 2.18. The van der Waals surface area contributed by atoms with Gasteiger partial charge in [-0.15, -0.1) is 0 Å². The van der Waals surface area contributed by atoms with Gasteiger partial charge in [-0.1, -0.05) is 0 Å². The van der Waals surface area contributed by atoms with Crippen molar-refractivity contribution in [3.05, 3.63) is 54.1 Å². The summed E-state index contributed by atoms with van der Waals surface area (Å²) >= 11 is 0. The van der Waals surface area contributed by atoms with Gasteiger partial charge in [0.2, 0.25) is 17.7 Å². The molecule has 3 amide bonds. The molecule has 0 aliphatic carbocycles. The van der Waals surface area contributed by atoms with Gasteiger partial charge in [-0.2, -0.15) is 0 Å². The molecule has 2 aromatic carbocycles. The average Bonchev–Trinajstić information content (AvgIpc) is 2.56. The second kappa shape index (κ2) is 8.57. The molecule has 0 fully saturated rings. The Morgan fingerprint density at radius 2 is 1.04 bits per heavy atom. The van der Waals surface area contributed by atoms with Gasteiger partial charge < -0.3 is 16.0 Å². The minimum absolute atomic E-state index is 0.0632. The van der Waals surface area contributed by atoms with Gasteiger partial charge in [-0.3, -0.25) is 19.2 Å². The van der Waals surface area contributed by atoms with E-state index in [1.165, 1.54) is 13.8 Å². The van der Waals surface area contributed by atoms with E-state index >= 15 is 0 Å². The second-order valence-corrected chi connectivity index (χ2v) is 5.67. The number of Topliss-reactive ketones (excluding diaryl/α,β-unsaturated/α-hetero) is 1. The van der Waals surface area contributed by atoms with E-state index in [9.17, 15) is 19.2 Å². The number of carbonyl (C=O) groups is 4. The molecule has 0 aromatic heterocycles. The molecule has 0 aliphatic rings. The van der Waals surface area contributed by atoms with E-state index in [1.54, 1.807) is 48.5 Å². The van der Waals surface area contributed by atoms with Crippen molar-refractivity contribution in [2.75, 3.05) is 16.0 Å². The number of amides is 3. The monoisotopic (exact) mass is 353 g/mol. The molecule has 0 atom stereocenters. The molecule has 0 radical (unpaired) electrons. The molecular formula is C19H19N3O4. The quantitative estimate of drug-likeness (QED) is 0.548. The minimum Gasteiger partial charge on any atom is -0.326 e. The molecule has 26 heavy (non-hydrogen) atoms. The first-order valence-electron chi connectivity index (χ1n) is 7.92. The van der Waals surface area contributed by atoms with Crippen molar-refractivity contribution in [2.45, 2.75) is 20.3 Å². The van der Waals surface area contributed by atoms with E-state index in [0.29, 0.717) is 22.6 Å². The lowest BCUT2D eigenvalue weighted by molar-refractivity contribution is -0.123. The maximum absolute atomic E-state index is 11.9. The summed E-state index contributed by atoms with van der Waals surface area (Å²) < 4.78 is 0. The van der Waals surface area contributed by atoms with Gasteiger partial charge in [-0.25, -0.2) is 0 Å². The van der Waals surface area contributed by atoms with Gasteiger partial charge in [0.25, 0.3) is 0 Å². The number of hydrogen-bond donors (Lipinski definition) is 3. The van der Waals surface area contributed by atoms with Crippen LogP contribution in [0, 0.1) is 0 Å². The molecule has 3 N–H and O–H groups in total. The highest BCUT2D eigenvalue weighted by atomic mass is 16.2. The van der Waals surface area contributed by atoms with E-state index in [2.05, 4.69) is 16.0 Å². The van der Waals surface area contributed by atoms with Crippen LogP contribution in [-0.2, 0) is 14.4 Å². The van der Waals surface area contributed by atoms with Crippen molar-refractivity contribution in [3.8, 4) is 0 Å². The summed E-state index contributed by atoms with van der Waals surface area (Å²) in [7, 11) is 0. The predicted molar refractivity (Wildman–Crippen MR) is 99.1 cm³/mol. The Kier molecular flexibility index (Phi) is 6.21. The Morgan fingerprint density at radius 1 is 0.654 bits per heavy atom. The number of carbonyl (C=O) groups excluding carboxylic acids is 4. The van der Waals surface area contributed by atoms with Crippen molar-refractivity contribution >= 4 is 40.6 Å². The molecule has 0 spiro atoms. The lowest BCUT2D eigenvalue weighted by atomic mass is 10.1. The van der Waals surface area contributed by atoms with Gasteiger partial charge in [0.05, 0.1) is 0 Å². The zero-order valence-electron chi connectivity index (χ0n) is 14.5. The molecule has 2 rings (SSSR count). The summed E-state index contributed by atoms with van der Waals surface area (Å²) in [6, 6.07) is 13.0. The van der Waals surface area contributed by atoms with Gasteiger partial charge in [-0.05, 0) is 55.5 Å². The van der Waals surface area contributed by atoms with Gasteiger partial charge in [0.15, 0.2) is 5.78 Å². The lowest BCUT2D eigenvalue weighted by Crippen LogP contribution is -2.21. The van der Waals surface area contributed by atoms with E-state index in [0.717, 1.165) is 0 Å². The average molecular weight is 353 g/mol. The fourth-order valence-electron chi connectivity index (χ4n) is 2.18. The van der Waals surface area contributed by atoms with Crippen LogP contribution in [0.3, 0.4) is 0 Å². The normalized spacial score (nSPS) is 9.92. The molecule has 0 heterocycles. The highest BCUT2D eigenvalue weighted by Gasteiger charge is 2.10. The molecule has 0 bridgehead atoms. The van der Waals surface area contributed by atoms with Crippen LogP contribution >= 0.6 is 0 Å². The predicted octanol–water partition coefficient (Wildman–Crippen LogP) is 2.81. The second-order valence-electron chi connectivity index (χ2n) is 5.67. The first-order valence-corrected chi connectivity index (χ1v) is 7.92. The molecule has 2 aromatic rings. The van der Waals surface area contributed by atoms with Crippen molar-refractivity contribution in [1.29, 1.82) is 0 Å². The molecule has 134 valence electrons. The van der Waals surface area contributed by atoms with Gasteiger partial charge >= 0.3 is 0 Å². The standard InChI is InChI=1S/C19H19N3O4/c1-12(23)14-3-5-16(6-4-14)21-18(25)11-19(26)22-17-9-7-15(8-10-17)20-13(2)24/h3-10H,11H2,1-2H3,(H,20,24)(H,21,25)(H,22,26). The zero-order valence-corrected chi connectivity index (χ0v) is 14.5. The third-order valence-corrected chi connectivity index (χ3v) is 3.39. The van der Waals surface area contributed by atoms with Crippen LogP contribution in [0.15, 0.2) is 48.5 Å². The van der Waals surface area contributed by atoms with E-state index < -0.39 is 11.8 Å². The van der Waals surface area contributed by atoms with Crippen LogP contribution < -0.4 is 16.0 Å². The van der Waals surface area contributed by atoms with Crippen LogP contribution in [0.4, 0.5) is 17.1 Å². The molecule has 0 saturated heterocycles. The van der Waals surface area contributed by atoms with Crippen molar-refractivity contribution in [1.82, 2.24) is 0 Å². The summed E-state index contributed by atoms with van der Waals surface area (Å²) in [4.78, 5) is 46.0. The number of anilines is 3. The first kappa shape index (κ1) is 18.9. The SMILES string of the molecule is CC(=O)Nc1ccc(NC(=O)CC(=O)Nc2ccc(C(C)=O)cc2)cc1. The highest BCUT2D eigenvalue weighted by molar-refractivity contribution is 6.08. The van der Waals surface area contributed by atoms with Crippen LogP contribution in [0.1, 0.15) is 30.6 Å². The van der Waals surface area contributed by atoms with Crippen LogP contribution in [-0.4, -0.2) is 23.5 Å². The molecular weight excluding hydrogens is 334 g/mol. The molecule has 7 nitrogen and oxygen atoms in total. The first-order chi connectivity index (χ1) is 12.3. The van der Waals surface area contributed by atoms with Crippen LogP contribution in [0.5, 0.6) is 0 Å². The number of nitrogens with one attached hydrogen (secondary N) is 3. The van der Waals surface area contributed by atoms with Crippen LogP contribution in [0.25, 0.3) is 0 Å². The Balaban J connectivity index is 1.85. The Morgan fingerprint density at radius 3 is 1.42 bits per heavy atom. The molecule has 0 saturated carbocycles. The molecule has 7 heteroatoms. The summed E-state index contributed by atoms with van der Waals surface area (Å²) in [6.45, 7) is 2.86. The Bertz CT molecular complexity index is 827. The minimum atomic E-state index is -0.465. The maximum Gasteiger partial charge on any atom is 0.233 e. The van der Waals surface area contributed by atoms with Crippen molar-refractivity contribution < 1.29 is 19.2 Å². The van der Waals surface area contributed by atoms with Crippen molar-refractivity contribution in [2.24, 2.45) is 0 Å². The number of benzene rings is 2. The highest BCUT2D eigenvalue weighted by Crippen LogP contribution is 2.14. The molecule has 0 aliphatic heterocycles. The lowest BCUT2D eigenvalue weighted by Gasteiger charge is -2.08. The largest absolute Gasteiger partial charge is 0.326 e. The van der Waals surface area contributed by atoms with E-state index in [1.807, 2.05) is 0 Å². The van der Waals surface area contributed by atoms with Gasteiger partial charge in [0.1, 0.15) is 6.42 Å². The van der Waals surface area contributed by atoms with Crippen molar-refractivity contribution in [3.63, 3.8) is 0 Å². The maximum atomic E-state index is 11.9. The van der Waals surface area contributed by atoms with E-state index in [4.69, 9.17) is 0 Å². The van der Waals surface area contributed by atoms with E-state index in [-0.39, 0.29) is 18.1 Å². The summed E-state index contributed by atoms with van der Waals surface area (Å²) in [5.74, 6) is -1.18. The smallest absolute Gasteiger partial charge is 0.233 e. The summed E-state index contributed by atoms with van der Waals surface area (Å²) in [5, 5.41) is 7.82. The number of ketones is 1.